The van der Waals surface area contributed by atoms with E-state index < -0.39 is 0 Å². The first-order chi connectivity index (χ1) is 6.90. The molecule has 0 spiro atoms. The highest BCUT2D eigenvalue weighted by Crippen LogP contribution is 2.03. The maximum Gasteiger partial charge on any atom is 0.194 e. The molecular formula is C10H20N4. The SMILES string of the molecule is CCN1CCN(C2=NCCCN2)CC1. The lowest BCUT2D eigenvalue weighted by Crippen LogP contribution is -2.53. The van der Waals surface area contributed by atoms with Crippen molar-refractivity contribution in [3.8, 4) is 0 Å². The lowest BCUT2D eigenvalue weighted by molar-refractivity contribution is 0.186. The van der Waals surface area contributed by atoms with Gasteiger partial charge >= 0.3 is 0 Å². The third-order valence-electron chi connectivity index (χ3n) is 3.00. The van der Waals surface area contributed by atoms with Crippen LogP contribution in [0.25, 0.3) is 0 Å². The predicted molar refractivity (Wildman–Crippen MR) is 58.6 cm³/mol. The standard InChI is InChI=1S/C10H20N4/c1-2-13-6-8-14(9-7-13)10-11-4-3-5-12-10/h2-9H2,1H3,(H,11,12). The number of hydrogen-bond acceptors (Lipinski definition) is 4. The molecule has 1 fully saturated rings. The fourth-order valence-electron chi connectivity index (χ4n) is 2.01. The Bertz CT molecular complexity index is 206. The number of guanidine groups is 1. The minimum absolute atomic E-state index is 0.996. The Hall–Kier alpha value is -0.770. The molecule has 4 heteroatoms. The van der Waals surface area contributed by atoms with E-state index in [1.807, 2.05) is 0 Å². The Labute approximate surface area is 86.0 Å². The van der Waals surface area contributed by atoms with Crippen LogP contribution >= 0.6 is 0 Å². The van der Waals surface area contributed by atoms with E-state index in [1.54, 1.807) is 0 Å². The Balaban J connectivity index is 1.85. The van der Waals surface area contributed by atoms with Crippen molar-refractivity contribution in [1.29, 1.82) is 0 Å². The lowest BCUT2D eigenvalue weighted by atomic mass is 10.3. The Morgan fingerprint density at radius 1 is 1.29 bits per heavy atom. The highest BCUT2D eigenvalue weighted by Gasteiger charge is 2.19. The summed E-state index contributed by atoms with van der Waals surface area (Å²) in [6.07, 6.45) is 1.18. The van der Waals surface area contributed by atoms with Crippen LogP contribution in [0.15, 0.2) is 4.99 Å². The van der Waals surface area contributed by atoms with Crippen molar-refractivity contribution in [3.63, 3.8) is 0 Å². The molecule has 0 bridgehead atoms. The number of hydrogen-bond donors (Lipinski definition) is 1. The highest BCUT2D eigenvalue weighted by molar-refractivity contribution is 5.80. The summed E-state index contributed by atoms with van der Waals surface area (Å²) >= 11 is 0. The van der Waals surface area contributed by atoms with Gasteiger partial charge in [-0.1, -0.05) is 6.92 Å². The summed E-state index contributed by atoms with van der Waals surface area (Å²) in [5.74, 6) is 1.13. The Kier molecular flexibility index (Phi) is 3.24. The monoisotopic (exact) mass is 196 g/mol. The van der Waals surface area contributed by atoms with E-state index in [4.69, 9.17) is 0 Å². The topological polar surface area (TPSA) is 30.9 Å². The molecule has 1 saturated heterocycles. The van der Waals surface area contributed by atoms with E-state index in [0.29, 0.717) is 0 Å². The van der Waals surface area contributed by atoms with Crippen LogP contribution in [0, 0.1) is 0 Å². The van der Waals surface area contributed by atoms with Gasteiger partial charge in [-0.15, -0.1) is 0 Å². The molecule has 1 N–H and O–H groups in total. The molecule has 0 aliphatic carbocycles. The first-order valence-corrected chi connectivity index (χ1v) is 5.66. The number of nitrogens with zero attached hydrogens (tertiary/aromatic N) is 3. The molecule has 0 radical (unpaired) electrons. The van der Waals surface area contributed by atoms with Gasteiger partial charge in [0.25, 0.3) is 0 Å². The van der Waals surface area contributed by atoms with Crippen LogP contribution in [-0.2, 0) is 0 Å². The van der Waals surface area contributed by atoms with E-state index >= 15 is 0 Å². The first kappa shape index (κ1) is 9.77. The first-order valence-electron chi connectivity index (χ1n) is 5.66. The molecule has 0 aromatic carbocycles. The van der Waals surface area contributed by atoms with Gasteiger partial charge in [0.1, 0.15) is 0 Å². The van der Waals surface area contributed by atoms with Gasteiger partial charge in [0, 0.05) is 39.3 Å². The number of rotatable bonds is 1. The molecule has 0 unspecified atom stereocenters. The van der Waals surface area contributed by atoms with Crippen molar-refractivity contribution in [3.05, 3.63) is 0 Å². The van der Waals surface area contributed by atoms with Crippen molar-refractivity contribution in [2.24, 2.45) is 4.99 Å². The summed E-state index contributed by atoms with van der Waals surface area (Å²) in [5, 5.41) is 3.38. The molecule has 14 heavy (non-hydrogen) atoms. The summed E-state index contributed by atoms with van der Waals surface area (Å²) < 4.78 is 0. The average Bonchev–Trinajstić information content (AvgIpc) is 2.30. The van der Waals surface area contributed by atoms with Crippen LogP contribution in [0.2, 0.25) is 0 Å². The summed E-state index contributed by atoms with van der Waals surface area (Å²) in [6.45, 7) is 10.1. The third kappa shape index (κ3) is 2.18. The fourth-order valence-corrected chi connectivity index (χ4v) is 2.01. The number of likely N-dealkylation sites (N-methyl/N-ethyl adjacent to an activating group) is 1. The van der Waals surface area contributed by atoms with Gasteiger partial charge in [-0.25, -0.2) is 0 Å². The van der Waals surface area contributed by atoms with Crippen LogP contribution in [0.4, 0.5) is 0 Å². The zero-order valence-electron chi connectivity index (χ0n) is 9.00. The Morgan fingerprint density at radius 3 is 2.64 bits per heavy atom. The maximum atomic E-state index is 4.52. The van der Waals surface area contributed by atoms with Crippen molar-refractivity contribution >= 4 is 5.96 Å². The molecule has 0 atom stereocenters. The normalized spacial score (nSPS) is 24.4. The molecule has 0 saturated carbocycles. The molecule has 2 heterocycles. The molecule has 2 aliphatic rings. The smallest absolute Gasteiger partial charge is 0.194 e. The number of aliphatic imine (C=N–C) groups is 1. The minimum Gasteiger partial charge on any atom is -0.356 e. The van der Waals surface area contributed by atoms with Gasteiger partial charge in [-0.05, 0) is 13.0 Å². The van der Waals surface area contributed by atoms with E-state index in [9.17, 15) is 0 Å². The summed E-state index contributed by atoms with van der Waals surface area (Å²) in [6, 6.07) is 0. The van der Waals surface area contributed by atoms with Crippen molar-refractivity contribution in [1.82, 2.24) is 15.1 Å². The van der Waals surface area contributed by atoms with Gasteiger partial charge in [0.05, 0.1) is 0 Å². The van der Waals surface area contributed by atoms with Crippen LogP contribution < -0.4 is 5.32 Å². The average molecular weight is 196 g/mol. The summed E-state index contributed by atoms with van der Waals surface area (Å²) in [5.41, 5.74) is 0. The largest absolute Gasteiger partial charge is 0.356 e. The molecule has 0 aromatic rings. The van der Waals surface area contributed by atoms with Crippen LogP contribution in [0.5, 0.6) is 0 Å². The van der Waals surface area contributed by atoms with Crippen molar-refractivity contribution in [2.45, 2.75) is 13.3 Å². The molecule has 4 nitrogen and oxygen atoms in total. The quantitative estimate of drug-likeness (QED) is 0.639. The number of nitrogens with one attached hydrogen (secondary N) is 1. The summed E-state index contributed by atoms with van der Waals surface area (Å²) in [4.78, 5) is 9.38. The van der Waals surface area contributed by atoms with E-state index in [0.717, 1.165) is 32.1 Å². The van der Waals surface area contributed by atoms with E-state index in [2.05, 4.69) is 27.0 Å². The third-order valence-corrected chi connectivity index (χ3v) is 3.00. The zero-order valence-corrected chi connectivity index (χ0v) is 9.00. The molecule has 0 amide bonds. The van der Waals surface area contributed by atoms with Crippen LogP contribution in [-0.4, -0.2) is 61.6 Å². The second kappa shape index (κ2) is 4.64. The minimum atomic E-state index is 0.996. The summed E-state index contributed by atoms with van der Waals surface area (Å²) in [7, 11) is 0. The van der Waals surface area contributed by atoms with Gasteiger partial charge in [0.15, 0.2) is 5.96 Å². The molecule has 80 valence electrons. The zero-order chi connectivity index (χ0) is 9.80. The molecule has 2 aliphatic heterocycles. The molecule has 2 rings (SSSR count). The van der Waals surface area contributed by atoms with Crippen LogP contribution in [0.3, 0.4) is 0 Å². The van der Waals surface area contributed by atoms with Gasteiger partial charge < -0.3 is 15.1 Å². The van der Waals surface area contributed by atoms with E-state index in [1.165, 1.54) is 26.1 Å². The van der Waals surface area contributed by atoms with E-state index in [-0.39, 0.29) is 0 Å². The van der Waals surface area contributed by atoms with Gasteiger partial charge in [-0.2, -0.15) is 0 Å². The number of piperazine rings is 1. The molecule has 0 aromatic heterocycles. The van der Waals surface area contributed by atoms with Crippen molar-refractivity contribution in [2.75, 3.05) is 45.8 Å². The second-order valence-electron chi connectivity index (χ2n) is 3.91. The van der Waals surface area contributed by atoms with Gasteiger partial charge in [0.2, 0.25) is 0 Å². The van der Waals surface area contributed by atoms with Crippen LogP contribution in [0.1, 0.15) is 13.3 Å². The van der Waals surface area contributed by atoms with Crippen molar-refractivity contribution < 1.29 is 0 Å². The second-order valence-corrected chi connectivity index (χ2v) is 3.91. The van der Waals surface area contributed by atoms with Gasteiger partial charge in [-0.3, -0.25) is 4.99 Å². The Morgan fingerprint density at radius 2 is 2.07 bits per heavy atom. The lowest BCUT2D eigenvalue weighted by Gasteiger charge is -2.36. The fraction of sp³-hybridized carbons (Fsp3) is 0.900. The predicted octanol–water partition coefficient (Wildman–Crippen LogP) is -0.0268. The highest BCUT2D eigenvalue weighted by atomic mass is 15.3. The molecular weight excluding hydrogens is 176 g/mol. The maximum absolute atomic E-state index is 4.52.